The summed E-state index contributed by atoms with van der Waals surface area (Å²) in [6.45, 7) is 5.24. The van der Waals surface area contributed by atoms with Gasteiger partial charge in [0.2, 0.25) is 0 Å². The maximum absolute atomic E-state index is 14.1. The summed E-state index contributed by atoms with van der Waals surface area (Å²) in [5, 5.41) is 3.36. The van der Waals surface area contributed by atoms with Crippen LogP contribution in [0.3, 0.4) is 0 Å². The summed E-state index contributed by atoms with van der Waals surface area (Å²) in [7, 11) is 0. The molecule has 0 aliphatic carbocycles. The molecule has 2 atom stereocenters. The summed E-state index contributed by atoms with van der Waals surface area (Å²) in [5.74, 6) is -0.985. The zero-order valence-corrected chi connectivity index (χ0v) is 12.2. The van der Waals surface area contributed by atoms with Gasteiger partial charge >= 0.3 is 0 Å². The summed E-state index contributed by atoms with van der Waals surface area (Å²) in [6.07, 6.45) is 4.00. The molecule has 4 heteroatoms. The zero-order chi connectivity index (χ0) is 14.5. The Morgan fingerprint density at radius 2 is 2.10 bits per heavy atom. The minimum Gasteiger partial charge on any atom is -0.376 e. The quantitative estimate of drug-likeness (QED) is 0.885. The lowest BCUT2D eigenvalue weighted by atomic mass is 9.94. The minimum absolute atomic E-state index is 0.0327. The van der Waals surface area contributed by atoms with Gasteiger partial charge in [-0.15, -0.1) is 0 Å². The van der Waals surface area contributed by atoms with Gasteiger partial charge in [0.15, 0.2) is 0 Å². The molecule has 2 rings (SSSR count). The number of hydrogen-bond donors (Lipinski definition) is 1. The lowest BCUT2D eigenvalue weighted by Crippen LogP contribution is -2.37. The number of aryl methyl sites for hydroxylation is 1. The molecule has 1 aliphatic heterocycles. The summed E-state index contributed by atoms with van der Waals surface area (Å²) in [5.41, 5.74) is 0.991. The van der Waals surface area contributed by atoms with Gasteiger partial charge in [-0.05, 0) is 50.8 Å². The van der Waals surface area contributed by atoms with E-state index in [9.17, 15) is 8.78 Å². The van der Waals surface area contributed by atoms with Gasteiger partial charge in [0, 0.05) is 18.2 Å². The fraction of sp³-hybridized carbons (Fsp3) is 0.625. The first-order chi connectivity index (χ1) is 9.63. The molecule has 1 N–H and O–H groups in total. The second kappa shape index (κ2) is 7.14. The van der Waals surface area contributed by atoms with Gasteiger partial charge in [0.25, 0.3) is 0 Å². The molecule has 1 aromatic rings. The first-order valence-corrected chi connectivity index (χ1v) is 7.44. The van der Waals surface area contributed by atoms with Gasteiger partial charge in [-0.3, -0.25) is 0 Å². The summed E-state index contributed by atoms with van der Waals surface area (Å²) >= 11 is 0. The van der Waals surface area contributed by atoms with Crippen LogP contribution in [0.5, 0.6) is 0 Å². The molecule has 1 aliphatic rings. The Kier molecular flexibility index (Phi) is 5.49. The largest absolute Gasteiger partial charge is 0.376 e. The maximum Gasteiger partial charge on any atom is 0.131 e. The van der Waals surface area contributed by atoms with E-state index in [2.05, 4.69) is 12.2 Å². The van der Waals surface area contributed by atoms with Crippen molar-refractivity contribution in [3.05, 3.63) is 34.9 Å². The number of benzene rings is 1. The van der Waals surface area contributed by atoms with Crippen molar-refractivity contribution in [3.8, 4) is 0 Å². The first kappa shape index (κ1) is 15.4. The van der Waals surface area contributed by atoms with E-state index >= 15 is 0 Å². The van der Waals surface area contributed by atoms with Crippen LogP contribution in [-0.2, 0) is 4.74 Å². The topological polar surface area (TPSA) is 21.3 Å². The fourth-order valence-electron chi connectivity index (χ4n) is 2.69. The van der Waals surface area contributed by atoms with E-state index in [1.54, 1.807) is 13.0 Å². The number of ether oxygens (including phenoxy) is 1. The third kappa shape index (κ3) is 3.55. The van der Waals surface area contributed by atoms with Crippen molar-refractivity contribution in [2.45, 2.75) is 51.7 Å². The van der Waals surface area contributed by atoms with Crippen molar-refractivity contribution in [1.82, 2.24) is 5.32 Å². The number of nitrogens with one attached hydrogen (secondary N) is 1. The normalized spacial score (nSPS) is 20.9. The van der Waals surface area contributed by atoms with Crippen LogP contribution in [0.1, 0.15) is 49.8 Å². The van der Waals surface area contributed by atoms with Gasteiger partial charge in [-0.25, -0.2) is 8.78 Å². The van der Waals surface area contributed by atoms with Crippen LogP contribution in [0.25, 0.3) is 0 Å². The molecule has 0 spiro atoms. The molecule has 0 bridgehead atoms. The lowest BCUT2D eigenvalue weighted by molar-refractivity contribution is -0.00889. The molecule has 20 heavy (non-hydrogen) atoms. The standard InChI is InChI=1S/C16H23F2NO/c1-3-7-19-16(15-6-4-5-8-20-15)12-9-11(2)13(17)10-14(12)18/h9-10,15-16,19H,3-8H2,1-2H3. The number of halogens is 2. The highest BCUT2D eigenvalue weighted by Crippen LogP contribution is 2.29. The van der Waals surface area contributed by atoms with Crippen molar-refractivity contribution in [1.29, 1.82) is 0 Å². The van der Waals surface area contributed by atoms with Crippen LogP contribution in [0.15, 0.2) is 12.1 Å². The van der Waals surface area contributed by atoms with Gasteiger partial charge < -0.3 is 10.1 Å². The first-order valence-electron chi connectivity index (χ1n) is 7.44. The van der Waals surface area contributed by atoms with Crippen LogP contribution in [0.2, 0.25) is 0 Å². The molecule has 2 nitrogen and oxygen atoms in total. The average molecular weight is 283 g/mol. The number of hydrogen-bond acceptors (Lipinski definition) is 2. The van der Waals surface area contributed by atoms with Gasteiger partial charge in [0.1, 0.15) is 11.6 Å². The van der Waals surface area contributed by atoms with E-state index in [4.69, 9.17) is 4.74 Å². The zero-order valence-electron chi connectivity index (χ0n) is 12.2. The molecule has 1 saturated heterocycles. The molecule has 2 unspecified atom stereocenters. The Balaban J connectivity index is 2.27. The molecule has 0 aromatic heterocycles. The van der Waals surface area contributed by atoms with E-state index in [1.807, 2.05) is 0 Å². The van der Waals surface area contributed by atoms with E-state index < -0.39 is 11.6 Å². The van der Waals surface area contributed by atoms with Crippen LogP contribution in [0.4, 0.5) is 8.78 Å². The SMILES string of the molecule is CCCNC(c1cc(C)c(F)cc1F)C1CCCCO1. The Morgan fingerprint density at radius 1 is 1.30 bits per heavy atom. The Labute approximate surface area is 119 Å². The van der Waals surface area contributed by atoms with E-state index in [1.165, 1.54) is 0 Å². The second-order valence-corrected chi connectivity index (χ2v) is 5.46. The lowest BCUT2D eigenvalue weighted by Gasteiger charge is -2.32. The highest BCUT2D eigenvalue weighted by atomic mass is 19.1. The minimum atomic E-state index is -0.495. The summed E-state index contributed by atoms with van der Waals surface area (Å²) in [4.78, 5) is 0. The third-order valence-electron chi connectivity index (χ3n) is 3.81. The molecular weight excluding hydrogens is 260 g/mol. The second-order valence-electron chi connectivity index (χ2n) is 5.46. The molecule has 1 heterocycles. The van der Waals surface area contributed by atoms with Gasteiger partial charge in [-0.1, -0.05) is 6.92 Å². The molecule has 0 saturated carbocycles. The van der Waals surface area contributed by atoms with E-state index in [-0.39, 0.29) is 12.1 Å². The molecule has 112 valence electrons. The van der Waals surface area contributed by atoms with Crippen LogP contribution in [-0.4, -0.2) is 19.3 Å². The predicted molar refractivity (Wildman–Crippen MR) is 75.7 cm³/mol. The summed E-state index contributed by atoms with van der Waals surface area (Å²) < 4.78 is 33.3. The van der Waals surface area contributed by atoms with Crippen LogP contribution >= 0.6 is 0 Å². The van der Waals surface area contributed by atoms with E-state index in [0.717, 1.165) is 44.9 Å². The Bertz CT molecular complexity index is 444. The van der Waals surface area contributed by atoms with Crippen molar-refractivity contribution < 1.29 is 13.5 Å². The highest BCUT2D eigenvalue weighted by Gasteiger charge is 2.28. The highest BCUT2D eigenvalue weighted by molar-refractivity contribution is 5.29. The maximum atomic E-state index is 14.1. The molecule has 0 amide bonds. The van der Waals surface area contributed by atoms with Crippen molar-refractivity contribution in [2.75, 3.05) is 13.2 Å². The van der Waals surface area contributed by atoms with Gasteiger partial charge in [-0.2, -0.15) is 0 Å². The summed E-state index contributed by atoms with van der Waals surface area (Å²) in [6, 6.07) is 2.39. The smallest absolute Gasteiger partial charge is 0.131 e. The molecule has 1 fully saturated rings. The van der Waals surface area contributed by atoms with Crippen molar-refractivity contribution >= 4 is 0 Å². The fourth-order valence-corrected chi connectivity index (χ4v) is 2.69. The monoisotopic (exact) mass is 283 g/mol. The van der Waals surface area contributed by atoms with Crippen LogP contribution in [0, 0.1) is 18.6 Å². The van der Waals surface area contributed by atoms with E-state index in [0.29, 0.717) is 11.1 Å². The van der Waals surface area contributed by atoms with Crippen LogP contribution < -0.4 is 5.32 Å². The van der Waals surface area contributed by atoms with Crippen molar-refractivity contribution in [3.63, 3.8) is 0 Å². The molecule has 0 radical (unpaired) electrons. The molecule has 1 aromatic carbocycles. The number of rotatable bonds is 5. The Morgan fingerprint density at radius 3 is 2.75 bits per heavy atom. The third-order valence-corrected chi connectivity index (χ3v) is 3.81. The van der Waals surface area contributed by atoms with Crippen molar-refractivity contribution in [2.24, 2.45) is 0 Å². The Hall–Kier alpha value is -1.00. The molecular formula is C16H23F2NO. The predicted octanol–water partition coefficient (Wildman–Crippen LogP) is 3.88. The average Bonchev–Trinajstić information content (AvgIpc) is 2.45. The van der Waals surface area contributed by atoms with Gasteiger partial charge in [0.05, 0.1) is 12.1 Å².